The van der Waals surface area contributed by atoms with Crippen LogP contribution in [-0.2, 0) is 9.53 Å². The van der Waals surface area contributed by atoms with Crippen LogP contribution in [0, 0.1) is 0 Å². The van der Waals surface area contributed by atoms with Crippen LogP contribution < -0.4 is 0 Å². The molecular formula is C10H24O2. The lowest BCUT2D eigenvalue weighted by atomic mass is 10.6. The molecule has 0 amide bonds. The molecule has 0 spiro atoms. The van der Waals surface area contributed by atoms with E-state index in [-0.39, 0.29) is 5.97 Å². The normalized spacial score (nSPS) is 6.83. The zero-order chi connectivity index (χ0) is 10.4. The summed E-state index contributed by atoms with van der Waals surface area (Å²) in [6.45, 7) is 12.2. The van der Waals surface area contributed by atoms with Gasteiger partial charge in [0.2, 0.25) is 0 Å². The van der Waals surface area contributed by atoms with Crippen LogP contribution in [0.2, 0.25) is 0 Å². The molecular weight excluding hydrogens is 152 g/mol. The van der Waals surface area contributed by atoms with Crippen molar-refractivity contribution in [2.75, 3.05) is 6.61 Å². The number of ether oxygens (including phenoxy) is 1. The highest BCUT2D eigenvalue weighted by Gasteiger charge is 1.81. The Hall–Kier alpha value is -0.530. The summed E-state index contributed by atoms with van der Waals surface area (Å²) in [4.78, 5) is 9.82. The Balaban J connectivity index is -0.000000115. The monoisotopic (exact) mass is 176 g/mol. The van der Waals surface area contributed by atoms with Gasteiger partial charge in [0, 0.05) is 6.92 Å². The molecule has 0 saturated carbocycles. The van der Waals surface area contributed by atoms with Crippen molar-refractivity contribution in [1.29, 1.82) is 0 Å². The van der Waals surface area contributed by atoms with Gasteiger partial charge in [-0.15, -0.1) is 0 Å². The van der Waals surface area contributed by atoms with Gasteiger partial charge in [0.15, 0.2) is 0 Å². The maximum Gasteiger partial charge on any atom is 0.302 e. The number of esters is 1. The van der Waals surface area contributed by atoms with E-state index >= 15 is 0 Å². The van der Waals surface area contributed by atoms with Gasteiger partial charge in [0.05, 0.1) is 6.61 Å². The lowest BCUT2D eigenvalue weighted by Gasteiger charge is -1.89. The van der Waals surface area contributed by atoms with Crippen LogP contribution in [-0.4, -0.2) is 12.6 Å². The first-order valence-electron chi connectivity index (χ1n) is 4.73. The molecule has 0 aliphatic carbocycles. The first-order chi connectivity index (χ1) is 5.60. The third kappa shape index (κ3) is 111. The second-order valence-electron chi connectivity index (χ2n) is 2.34. The summed E-state index contributed by atoms with van der Waals surface area (Å²) in [6, 6.07) is 0. The standard InChI is InChI=1S/C4H8O2.2C3H8/c1-3-6-4(2)5;2*1-3-2/h3H2,1-2H3;2*3H2,1-2H3. The molecule has 0 heterocycles. The maximum atomic E-state index is 9.82. The molecule has 2 nitrogen and oxygen atoms in total. The highest BCUT2D eigenvalue weighted by molar-refractivity contribution is 5.65. The van der Waals surface area contributed by atoms with Crippen LogP contribution >= 0.6 is 0 Å². The summed E-state index contributed by atoms with van der Waals surface area (Å²) >= 11 is 0. The fourth-order valence-corrected chi connectivity index (χ4v) is 0.203. The van der Waals surface area contributed by atoms with Gasteiger partial charge in [-0.05, 0) is 6.92 Å². The fraction of sp³-hybridized carbons (Fsp3) is 0.900. The van der Waals surface area contributed by atoms with Gasteiger partial charge in [-0.3, -0.25) is 4.79 Å². The number of carbonyl (C=O) groups is 1. The van der Waals surface area contributed by atoms with Gasteiger partial charge in [0.1, 0.15) is 0 Å². The molecule has 0 aliphatic rings. The Morgan fingerprint density at radius 1 is 1.00 bits per heavy atom. The van der Waals surface area contributed by atoms with Crippen LogP contribution in [0.25, 0.3) is 0 Å². The summed E-state index contributed by atoms with van der Waals surface area (Å²) in [6.07, 6.45) is 2.50. The van der Waals surface area contributed by atoms with Gasteiger partial charge in [-0.1, -0.05) is 40.5 Å². The van der Waals surface area contributed by atoms with Crippen LogP contribution in [0.4, 0.5) is 0 Å². The van der Waals surface area contributed by atoms with E-state index in [0.717, 1.165) is 0 Å². The summed E-state index contributed by atoms with van der Waals surface area (Å²) in [7, 11) is 0. The molecule has 0 radical (unpaired) electrons. The van der Waals surface area contributed by atoms with Crippen molar-refractivity contribution in [2.24, 2.45) is 0 Å². The van der Waals surface area contributed by atoms with E-state index in [2.05, 4.69) is 32.4 Å². The number of hydrogen-bond donors (Lipinski definition) is 0. The predicted octanol–water partition coefficient (Wildman–Crippen LogP) is 3.40. The summed E-state index contributed by atoms with van der Waals surface area (Å²) in [5, 5.41) is 0. The average molecular weight is 176 g/mol. The van der Waals surface area contributed by atoms with E-state index in [1.165, 1.54) is 19.8 Å². The second-order valence-corrected chi connectivity index (χ2v) is 2.34. The molecule has 0 aromatic rings. The maximum absolute atomic E-state index is 9.82. The molecule has 0 saturated heterocycles. The van der Waals surface area contributed by atoms with E-state index in [1.807, 2.05) is 0 Å². The molecule has 0 rings (SSSR count). The van der Waals surface area contributed by atoms with E-state index in [1.54, 1.807) is 6.92 Å². The molecule has 0 atom stereocenters. The first kappa shape index (κ1) is 17.5. The topological polar surface area (TPSA) is 26.3 Å². The first-order valence-corrected chi connectivity index (χ1v) is 4.73. The van der Waals surface area contributed by atoms with Crippen LogP contribution in [0.5, 0.6) is 0 Å². The van der Waals surface area contributed by atoms with Crippen molar-refractivity contribution in [2.45, 2.75) is 54.4 Å². The Morgan fingerprint density at radius 2 is 1.25 bits per heavy atom. The zero-order valence-electron chi connectivity index (χ0n) is 9.44. The highest BCUT2D eigenvalue weighted by atomic mass is 16.5. The molecule has 0 unspecified atom stereocenters. The Morgan fingerprint density at radius 3 is 1.25 bits per heavy atom. The van der Waals surface area contributed by atoms with E-state index < -0.39 is 0 Å². The third-order valence-electron chi connectivity index (χ3n) is 0.348. The smallest absolute Gasteiger partial charge is 0.302 e. The molecule has 0 N–H and O–H groups in total. The number of hydrogen-bond acceptors (Lipinski definition) is 2. The van der Waals surface area contributed by atoms with Crippen molar-refractivity contribution in [3.63, 3.8) is 0 Å². The van der Waals surface area contributed by atoms with Gasteiger partial charge < -0.3 is 4.74 Å². The minimum Gasteiger partial charge on any atom is -0.466 e. The summed E-state index contributed by atoms with van der Waals surface area (Å²) in [5.74, 6) is -0.211. The third-order valence-corrected chi connectivity index (χ3v) is 0.348. The molecule has 76 valence electrons. The average Bonchev–Trinajstić information content (AvgIpc) is 1.89. The van der Waals surface area contributed by atoms with E-state index in [4.69, 9.17) is 0 Å². The fourth-order valence-electron chi connectivity index (χ4n) is 0.203. The Labute approximate surface area is 77.3 Å². The molecule has 2 heteroatoms. The van der Waals surface area contributed by atoms with Gasteiger partial charge >= 0.3 is 5.97 Å². The van der Waals surface area contributed by atoms with Crippen LogP contribution in [0.1, 0.15) is 54.4 Å². The van der Waals surface area contributed by atoms with Crippen LogP contribution in [0.15, 0.2) is 0 Å². The SMILES string of the molecule is CCC.CCC.CCOC(C)=O. The Bertz CT molecular complexity index is 68.2. The summed E-state index contributed by atoms with van der Waals surface area (Å²) < 4.78 is 4.40. The summed E-state index contributed by atoms with van der Waals surface area (Å²) in [5.41, 5.74) is 0. The largest absolute Gasteiger partial charge is 0.466 e. The van der Waals surface area contributed by atoms with Crippen molar-refractivity contribution in [3.05, 3.63) is 0 Å². The molecule has 0 fully saturated rings. The molecule has 0 bridgehead atoms. The van der Waals surface area contributed by atoms with Crippen molar-refractivity contribution in [3.8, 4) is 0 Å². The second kappa shape index (κ2) is 22.4. The molecule has 0 aliphatic heterocycles. The van der Waals surface area contributed by atoms with E-state index in [9.17, 15) is 4.79 Å². The van der Waals surface area contributed by atoms with Crippen molar-refractivity contribution >= 4 is 5.97 Å². The van der Waals surface area contributed by atoms with E-state index in [0.29, 0.717) is 6.61 Å². The highest BCUT2D eigenvalue weighted by Crippen LogP contribution is 1.69. The zero-order valence-corrected chi connectivity index (χ0v) is 9.44. The minimum atomic E-state index is -0.211. The number of carbonyl (C=O) groups excluding carboxylic acids is 1. The lowest BCUT2D eigenvalue weighted by molar-refractivity contribution is -0.140. The lowest BCUT2D eigenvalue weighted by Crippen LogP contribution is -1.95. The molecule has 12 heavy (non-hydrogen) atoms. The van der Waals surface area contributed by atoms with Crippen LogP contribution in [0.3, 0.4) is 0 Å². The number of rotatable bonds is 1. The molecule has 0 aromatic carbocycles. The minimum absolute atomic E-state index is 0.211. The Kier molecular flexibility index (Phi) is 32.8. The molecule has 0 aromatic heterocycles. The van der Waals surface area contributed by atoms with Crippen molar-refractivity contribution in [1.82, 2.24) is 0 Å². The van der Waals surface area contributed by atoms with Crippen molar-refractivity contribution < 1.29 is 9.53 Å². The quantitative estimate of drug-likeness (QED) is 0.572. The van der Waals surface area contributed by atoms with Gasteiger partial charge in [0.25, 0.3) is 0 Å². The predicted molar refractivity (Wildman–Crippen MR) is 54.2 cm³/mol. The van der Waals surface area contributed by atoms with Gasteiger partial charge in [-0.2, -0.15) is 0 Å². The van der Waals surface area contributed by atoms with Gasteiger partial charge in [-0.25, -0.2) is 0 Å².